The number of aromatic nitrogens is 1. The van der Waals surface area contributed by atoms with Gasteiger partial charge in [-0.3, -0.25) is 4.79 Å². The number of ether oxygens (including phenoxy) is 1. The molecule has 86 valence electrons. The molecule has 1 saturated heterocycles. The Bertz CT molecular complexity index is 416. The Morgan fingerprint density at radius 3 is 3.19 bits per heavy atom. The van der Waals surface area contributed by atoms with Crippen LogP contribution >= 0.6 is 11.3 Å². The van der Waals surface area contributed by atoms with Crippen molar-refractivity contribution in [2.24, 2.45) is 0 Å². The quantitative estimate of drug-likeness (QED) is 0.798. The lowest BCUT2D eigenvalue weighted by atomic mass is 10.1. The third-order valence-corrected chi connectivity index (χ3v) is 3.34. The van der Waals surface area contributed by atoms with Gasteiger partial charge in [-0.25, -0.2) is 9.78 Å². The number of carbonyl (C=O) groups excluding carboxylic acids is 2. The van der Waals surface area contributed by atoms with Gasteiger partial charge in [-0.15, -0.1) is 11.3 Å². The van der Waals surface area contributed by atoms with Crippen LogP contribution in [0.25, 0.3) is 0 Å². The zero-order valence-corrected chi connectivity index (χ0v) is 9.67. The Morgan fingerprint density at radius 2 is 2.56 bits per heavy atom. The van der Waals surface area contributed by atoms with E-state index in [1.807, 2.05) is 0 Å². The zero-order valence-electron chi connectivity index (χ0n) is 8.86. The summed E-state index contributed by atoms with van der Waals surface area (Å²) in [5.74, 6) is -0.263. The standard InChI is InChI=1S/C10H12N2O3S/c1-2-15-10(14)7-5-16-9(12-7)6-3-8(13)11-4-6/h5-6H,2-4H2,1H3,(H,11,13). The molecule has 2 heterocycles. The van der Waals surface area contributed by atoms with Gasteiger partial charge in [-0.1, -0.05) is 0 Å². The molecule has 16 heavy (non-hydrogen) atoms. The number of esters is 1. The van der Waals surface area contributed by atoms with Crippen molar-refractivity contribution in [3.05, 3.63) is 16.1 Å². The molecule has 5 nitrogen and oxygen atoms in total. The maximum absolute atomic E-state index is 11.4. The van der Waals surface area contributed by atoms with Crippen molar-refractivity contribution in [1.82, 2.24) is 10.3 Å². The molecule has 1 unspecified atom stereocenters. The summed E-state index contributed by atoms with van der Waals surface area (Å²) in [5, 5.41) is 5.24. The van der Waals surface area contributed by atoms with Gasteiger partial charge >= 0.3 is 5.97 Å². The lowest BCUT2D eigenvalue weighted by Gasteiger charge is -2.00. The van der Waals surface area contributed by atoms with Gasteiger partial charge in [0, 0.05) is 24.3 Å². The largest absolute Gasteiger partial charge is 0.461 e. The number of thiazole rings is 1. The van der Waals surface area contributed by atoms with Crippen LogP contribution in [0.3, 0.4) is 0 Å². The van der Waals surface area contributed by atoms with E-state index in [-0.39, 0.29) is 11.8 Å². The van der Waals surface area contributed by atoms with E-state index >= 15 is 0 Å². The molecule has 1 atom stereocenters. The van der Waals surface area contributed by atoms with Gasteiger partial charge in [0.2, 0.25) is 5.91 Å². The first kappa shape index (κ1) is 11.1. The van der Waals surface area contributed by atoms with Crippen molar-refractivity contribution in [2.45, 2.75) is 19.3 Å². The average Bonchev–Trinajstić information content (AvgIpc) is 2.85. The van der Waals surface area contributed by atoms with Crippen LogP contribution in [0.5, 0.6) is 0 Å². The average molecular weight is 240 g/mol. The highest BCUT2D eigenvalue weighted by molar-refractivity contribution is 7.09. The first-order chi connectivity index (χ1) is 7.70. The smallest absolute Gasteiger partial charge is 0.357 e. The third kappa shape index (κ3) is 2.21. The molecule has 1 aliphatic heterocycles. The number of hydrogen-bond donors (Lipinski definition) is 1. The summed E-state index contributed by atoms with van der Waals surface area (Å²) in [6.45, 7) is 2.70. The number of carbonyl (C=O) groups is 2. The molecular formula is C10H12N2O3S. The van der Waals surface area contributed by atoms with E-state index in [1.165, 1.54) is 11.3 Å². The van der Waals surface area contributed by atoms with Gasteiger partial charge in [-0.2, -0.15) is 0 Å². The summed E-state index contributed by atoms with van der Waals surface area (Å²) >= 11 is 1.40. The highest BCUT2D eigenvalue weighted by Crippen LogP contribution is 2.26. The Hall–Kier alpha value is -1.43. The molecule has 0 aromatic carbocycles. The van der Waals surface area contributed by atoms with E-state index in [4.69, 9.17) is 4.74 Å². The first-order valence-corrected chi connectivity index (χ1v) is 5.98. The predicted octanol–water partition coefficient (Wildman–Crippen LogP) is 0.923. The van der Waals surface area contributed by atoms with E-state index < -0.39 is 5.97 Å². The fourth-order valence-electron chi connectivity index (χ4n) is 1.55. The molecule has 1 aliphatic rings. The molecule has 0 radical (unpaired) electrons. The lowest BCUT2D eigenvalue weighted by Crippen LogP contribution is -2.13. The van der Waals surface area contributed by atoms with Gasteiger partial charge in [0.25, 0.3) is 0 Å². The highest BCUT2D eigenvalue weighted by Gasteiger charge is 2.26. The molecular weight excluding hydrogens is 228 g/mol. The Balaban J connectivity index is 2.07. The van der Waals surface area contributed by atoms with E-state index in [0.717, 1.165) is 5.01 Å². The molecule has 0 bridgehead atoms. The van der Waals surface area contributed by atoms with Gasteiger partial charge in [-0.05, 0) is 6.92 Å². The molecule has 1 aromatic rings. The Kier molecular flexibility index (Phi) is 3.19. The van der Waals surface area contributed by atoms with Crippen LogP contribution in [-0.2, 0) is 9.53 Å². The number of amides is 1. The molecule has 1 N–H and O–H groups in total. The molecule has 0 saturated carbocycles. The fourth-order valence-corrected chi connectivity index (χ4v) is 2.45. The van der Waals surface area contributed by atoms with Crippen LogP contribution in [0, 0.1) is 0 Å². The van der Waals surface area contributed by atoms with Crippen molar-refractivity contribution < 1.29 is 14.3 Å². The summed E-state index contributed by atoms with van der Waals surface area (Å²) in [6, 6.07) is 0. The molecule has 0 spiro atoms. The molecule has 1 fully saturated rings. The summed E-state index contributed by atoms with van der Waals surface area (Å²) in [4.78, 5) is 26.6. The van der Waals surface area contributed by atoms with Gasteiger partial charge in [0.1, 0.15) is 0 Å². The number of nitrogens with zero attached hydrogens (tertiary/aromatic N) is 1. The minimum Gasteiger partial charge on any atom is -0.461 e. The fraction of sp³-hybridized carbons (Fsp3) is 0.500. The van der Waals surface area contributed by atoms with E-state index in [2.05, 4.69) is 10.3 Å². The first-order valence-electron chi connectivity index (χ1n) is 5.10. The minimum atomic E-state index is -0.401. The van der Waals surface area contributed by atoms with Crippen LogP contribution in [0.1, 0.15) is 34.8 Å². The maximum Gasteiger partial charge on any atom is 0.357 e. The van der Waals surface area contributed by atoms with Crippen LogP contribution in [0.4, 0.5) is 0 Å². The number of rotatable bonds is 3. The Morgan fingerprint density at radius 1 is 1.75 bits per heavy atom. The van der Waals surface area contributed by atoms with Crippen molar-refractivity contribution in [1.29, 1.82) is 0 Å². The summed E-state index contributed by atoms with van der Waals surface area (Å²) in [5.41, 5.74) is 0.334. The molecule has 1 amide bonds. The summed E-state index contributed by atoms with van der Waals surface area (Å²) < 4.78 is 4.85. The van der Waals surface area contributed by atoms with Crippen molar-refractivity contribution >= 4 is 23.2 Å². The van der Waals surface area contributed by atoms with E-state index in [1.54, 1.807) is 12.3 Å². The zero-order chi connectivity index (χ0) is 11.5. The van der Waals surface area contributed by atoms with Crippen LogP contribution in [0.15, 0.2) is 5.38 Å². The number of hydrogen-bond acceptors (Lipinski definition) is 5. The maximum atomic E-state index is 11.4. The van der Waals surface area contributed by atoms with Crippen molar-refractivity contribution in [2.75, 3.05) is 13.2 Å². The molecule has 2 rings (SSSR count). The molecule has 0 aliphatic carbocycles. The molecule has 6 heteroatoms. The van der Waals surface area contributed by atoms with E-state index in [0.29, 0.717) is 25.3 Å². The Labute approximate surface area is 96.8 Å². The minimum absolute atomic E-state index is 0.0397. The van der Waals surface area contributed by atoms with Gasteiger partial charge < -0.3 is 10.1 Å². The lowest BCUT2D eigenvalue weighted by molar-refractivity contribution is -0.119. The second-order valence-corrected chi connectivity index (χ2v) is 4.39. The SMILES string of the molecule is CCOC(=O)c1csc(C2CNC(=O)C2)n1. The van der Waals surface area contributed by atoms with Gasteiger partial charge in [0.15, 0.2) is 5.69 Å². The summed E-state index contributed by atoms with van der Waals surface area (Å²) in [6.07, 6.45) is 0.454. The monoisotopic (exact) mass is 240 g/mol. The van der Waals surface area contributed by atoms with E-state index in [9.17, 15) is 9.59 Å². The van der Waals surface area contributed by atoms with Crippen molar-refractivity contribution in [3.8, 4) is 0 Å². The topological polar surface area (TPSA) is 68.3 Å². The normalized spacial score (nSPS) is 19.6. The van der Waals surface area contributed by atoms with Crippen LogP contribution in [0.2, 0.25) is 0 Å². The predicted molar refractivity (Wildman–Crippen MR) is 58.4 cm³/mol. The molecule has 1 aromatic heterocycles. The van der Waals surface area contributed by atoms with Crippen LogP contribution in [-0.4, -0.2) is 30.0 Å². The van der Waals surface area contributed by atoms with Crippen LogP contribution < -0.4 is 5.32 Å². The van der Waals surface area contributed by atoms with Gasteiger partial charge in [0.05, 0.1) is 11.6 Å². The second-order valence-electron chi connectivity index (χ2n) is 3.50. The third-order valence-electron chi connectivity index (χ3n) is 2.33. The second kappa shape index (κ2) is 4.61. The summed E-state index contributed by atoms with van der Waals surface area (Å²) in [7, 11) is 0. The highest BCUT2D eigenvalue weighted by atomic mass is 32.1. The number of nitrogens with one attached hydrogen (secondary N) is 1. The van der Waals surface area contributed by atoms with Crippen molar-refractivity contribution in [3.63, 3.8) is 0 Å².